The zero-order valence-corrected chi connectivity index (χ0v) is 8.73. The molecule has 0 amide bonds. The van der Waals surface area contributed by atoms with Crippen LogP contribution in [0.4, 0.5) is 0 Å². The second-order valence-electron chi connectivity index (χ2n) is 2.79. The lowest BCUT2D eigenvalue weighted by Gasteiger charge is -2.14. The van der Waals surface area contributed by atoms with Crippen LogP contribution in [0.1, 0.15) is 6.92 Å². The first-order valence-corrected chi connectivity index (χ1v) is 4.19. The lowest BCUT2D eigenvalue weighted by atomic mass is 10.1. The highest BCUT2D eigenvalue weighted by Crippen LogP contribution is 2.13. The Balaban J connectivity index is 0.00000144. The number of hydrogen-bond acceptors (Lipinski definition) is 4. The Labute approximate surface area is 84.4 Å². The van der Waals surface area contributed by atoms with Crippen LogP contribution in [0.5, 0.6) is 0 Å². The molecule has 0 aliphatic carbocycles. The molecule has 2 unspecified atom stereocenters. The minimum atomic E-state index is -0.158. The van der Waals surface area contributed by atoms with Gasteiger partial charge < -0.3 is 14.8 Å². The topological polar surface area (TPSA) is 47.6 Å². The van der Waals surface area contributed by atoms with Gasteiger partial charge in [-0.2, -0.15) is 0 Å². The third-order valence-corrected chi connectivity index (χ3v) is 2.05. The zero-order valence-electron chi connectivity index (χ0n) is 7.91. The molecule has 5 heteroatoms. The molecule has 4 nitrogen and oxygen atoms in total. The van der Waals surface area contributed by atoms with Crippen LogP contribution in [0.15, 0.2) is 0 Å². The van der Waals surface area contributed by atoms with Crippen molar-refractivity contribution < 1.29 is 14.3 Å². The van der Waals surface area contributed by atoms with Gasteiger partial charge in [-0.1, -0.05) is 0 Å². The molecule has 0 radical (unpaired) electrons. The van der Waals surface area contributed by atoms with Crippen molar-refractivity contribution >= 4 is 18.4 Å². The number of nitrogens with one attached hydrogen (secondary N) is 1. The van der Waals surface area contributed by atoms with E-state index >= 15 is 0 Å². The molecule has 1 rings (SSSR count). The molecule has 0 aromatic rings. The zero-order chi connectivity index (χ0) is 8.97. The third kappa shape index (κ3) is 3.14. The summed E-state index contributed by atoms with van der Waals surface area (Å²) in [4.78, 5) is 11.3. The predicted molar refractivity (Wildman–Crippen MR) is 51.0 cm³/mol. The van der Waals surface area contributed by atoms with E-state index < -0.39 is 0 Å². The van der Waals surface area contributed by atoms with Crippen molar-refractivity contribution in [3.05, 3.63) is 0 Å². The number of halogens is 1. The summed E-state index contributed by atoms with van der Waals surface area (Å²) in [6, 6.07) is 0. The van der Waals surface area contributed by atoms with Gasteiger partial charge in [0.2, 0.25) is 0 Å². The Morgan fingerprint density at radius 2 is 2.23 bits per heavy atom. The molecule has 2 atom stereocenters. The Kier molecular flexibility index (Phi) is 6.03. The molecule has 0 bridgehead atoms. The van der Waals surface area contributed by atoms with Crippen molar-refractivity contribution in [3.8, 4) is 0 Å². The van der Waals surface area contributed by atoms with Crippen molar-refractivity contribution in [1.29, 1.82) is 0 Å². The molecule has 1 aliphatic heterocycles. The maximum absolute atomic E-state index is 11.3. The first kappa shape index (κ1) is 12.7. The second kappa shape index (κ2) is 6.18. The fourth-order valence-corrected chi connectivity index (χ4v) is 1.39. The highest BCUT2D eigenvalue weighted by Gasteiger charge is 2.33. The van der Waals surface area contributed by atoms with Crippen LogP contribution >= 0.6 is 12.4 Å². The summed E-state index contributed by atoms with van der Waals surface area (Å²) in [7, 11) is 1.61. The van der Waals surface area contributed by atoms with E-state index in [0.29, 0.717) is 13.2 Å². The Morgan fingerprint density at radius 3 is 2.77 bits per heavy atom. The lowest BCUT2D eigenvalue weighted by Crippen LogP contribution is -2.29. The number of carbonyl (C=O) groups excluding carboxylic acids is 1. The SMILES string of the molecule is CCOC(=O)C1CNCC1OC.Cl. The van der Waals surface area contributed by atoms with E-state index in [1.54, 1.807) is 7.11 Å². The molecule has 1 heterocycles. The van der Waals surface area contributed by atoms with Crippen LogP contribution in [-0.2, 0) is 14.3 Å². The summed E-state index contributed by atoms with van der Waals surface area (Å²) in [6.45, 7) is 3.64. The van der Waals surface area contributed by atoms with E-state index in [1.165, 1.54) is 0 Å². The number of carbonyl (C=O) groups is 1. The molecule has 13 heavy (non-hydrogen) atoms. The molecule has 78 valence electrons. The first-order chi connectivity index (χ1) is 5.79. The molecule has 0 spiro atoms. The standard InChI is InChI=1S/C8H15NO3.ClH/c1-3-12-8(10)6-4-9-5-7(6)11-2;/h6-7,9H,3-5H2,1-2H3;1H. The number of methoxy groups -OCH3 is 1. The molecule has 1 aliphatic rings. The average molecular weight is 210 g/mol. The van der Waals surface area contributed by atoms with E-state index in [9.17, 15) is 4.79 Å². The minimum Gasteiger partial charge on any atom is -0.466 e. The van der Waals surface area contributed by atoms with Crippen molar-refractivity contribution in [2.45, 2.75) is 13.0 Å². The van der Waals surface area contributed by atoms with Crippen LogP contribution in [0.25, 0.3) is 0 Å². The number of ether oxygens (including phenoxy) is 2. The van der Waals surface area contributed by atoms with Crippen molar-refractivity contribution in [1.82, 2.24) is 5.32 Å². The summed E-state index contributed by atoms with van der Waals surface area (Å²) in [6.07, 6.45) is -0.0240. The molecule has 0 saturated carbocycles. The highest BCUT2D eigenvalue weighted by molar-refractivity contribution is 5.85. The molecular weight excluding hydrogens is 194 g/mol. The molecule has 0 aromatic heterocycles. The summed E-state index contributed by atoms with van der Waals surface area (Å²) in [5.41, 5.74) is 0. The van der Waals surface area contributed by atoms with Gasteiger partial charge in [0, 0.05) is 20.2 Å². The molecule has 1 fully saturated rings. The lowest BCUT2D eigenvalue weighted by molar-refractivity contribution is -0.150. The van der Waals surface area contributed by atoms with Gasteiger partial charge in [-0.3, -0.25) is 4.79 Å². The van der Waals surface area contributed by atoms with Gasteiger partial charge in [0.05, 0.1) is 18.6 Å². The van der Waals surface area contributed by atoms with Crippen LogP contribution in [0, 0.1) is 5.92 Å². The largest absolute Gasteiger partial charge is 0.466 e. The smallest absolute Gasteiger partial charge is 0.312 e. The second-order valence-corrected chi connectivity index (χ2v) is 2.79. The summed E-state index contributed by atoms with van der Waals surface area (Å²) in [5.74, 6) is -0.288. The summed E-state index contributed by atoms with van der Waals surface area (Å²) in [5, 5.41) is 3.09. The van der Waals surface area contributed by atoms with Gasteiger partial charge >= 0.3 is 5.97 Å². The average Bonchev–Trinajstić information content (AvgIpc) is 2.51. The maximum atomic E-state index is 11.3. The molecule has 1 N–H and O–H groups in total. The summed E-state index contributed by atoms with van der Waals surface area (Å²) >= 11 is 0. The number of hydrogen-bond donors (Lipinski definition) is 1. The van der Waals surface area contributed by atoms with Gasteiger partial charge in [-0.05, 0) is 6.92 Å². The van der Waals surface area contributed by atoms with E-state index in [4.69, 9.17) is 9.47 Å². The van der Waals surface area contributed by atoms with Gasteiger partial charge in [0.15, 0.2) is 0 Å². The van der Waals surface area contributed by atoms with E-state index in [-0.39, 0.29) is 30.4 Å². The van der Waals surface area contributed by atoms with E-state index in [1.807, 2.05) is 6.92 Å². The molecular formula is C8H16ClNO3. The Hall–Kier alpha value is -0.320. The van der Waals surface area contributed by atoms with E-state index in [0.717, 1.165) is 6.54 Å². The third-order valence-electron chi connectivity index (χ3n) is 2.05. The van der Waals surface area contributed by atoms with E-state index in [2.05, 4.69) is 5.32 Å². The predicted octanol–water partition coefficient (Wildman–Crippen LogP) is 0.206. The minimum absolute atomic E-state index is 0. The molecule has 0 aromatic carbocycles. The van der Waals surface area contributed by atoms with Gasteiger partial charge in [-0.25, -0.2) is 0 Å². The van der Waals surface area contributed by atoms with Crippen LogP contribution in [-0.4, -0.2) is 38.9 Å². The monoisotopic (exact) mass is 209 g/mol. The molecule has 1 saturated heterocycles. The van der Waals surface area contributed by atoms with Crippen LogP contribution in [0.3, 0.4) is 0 Å². The number of rotatable bonds is 3. The van der Waals surface area contributed by atoms with Crippen LogP contribution < -0.4 is 5.32 Å². The highest BCUT2D eigenvalue weighted by atomic mass is 35.5. The number of esters is 1. The summed E-state index contributed by atoms with van der Waals surface area (Å²) < 4.78 is 10.0. The first-order valence-electron chi connectivity index (χ1n) is 4.19. The van der Waals surface area contributed by atoms with Gasteiger partial charge in [-0.15, -0.1) is 12.4 Å². The Morgan fingerprint density at radius 1 is 1.54 bits per heavy atom. The van der Waals surface area contributed by atoms with Gasteiger partial charge in [0.25, 0.3) is 0 Å². The fourth-order valence-electron chi connectivity index (χ4n) is 1.39. The van der Waals surface area contributed by atoms with Crippen molar-refractivity contribution in [2.75, 3.05) is 26.8 Å². The Bertz CT molecular complexity index is 165. The van der Waals surface area contributed by atoms with Crippen molar-refractivity contribution in [3.63, 3.8) is 0 Å². The van der Waals surface area contributed by atoms with Crippen LogP contribution in [0.2, 0.25) is 0 Å². The normalized spacial score (nSPS) is 26.6. The fraction of sp³-hybridized carbons (Fsp3) is 0.875. The van der Waals surface area contributed by atoms with Crippen molar-refractivity contribution in [2.24, 2.45) is 5.92 Å². The van der Waals surface area contributed by atoms with Gasteiger partial charge in [0.1, 0.15) is 0 Å². The maximum Gasteiger partial charge on any atom is 0.312 e. The quantitative estimate of drug-likeness (QED) is 0.675.